The molecule has 6 nitrogen and oxygen atoms in total. The molecule has 2 rings (SSSR count). The van der Waals surface area contributed by atoms with Crippen LogP contribution in [-0.4, -0.2) is 19.6 Å². The highest BCUT2D eigenvalue weighted by Gasteiger charge is 2.16. The molecule has 0 bridgehead atoms. The maximum absolute atomic E-state index is 13.2. The molecule has 106 valence electrons. The highest BCUT2D eigenvalue weighted by molar-refractivity contribution is 7.98. The van der Waals surface area contributed by atoms with E-state index in [1.54, 1.807) is 11.6 Å². The second-order valence-electron chi connectivity index (χ2n) is 4.07. The van der Waals surface area contributed by atoms with E-state index in [9.17, 15) is 14.5 Å². The molecule has 20 heavy (non-hydrogen) atoms. The third-order valence-corrected chi connectivity index (χ3v) is 3.89. The Balaban J connectivity index is 2.20. The van der Waals surface area contributed by atoms with Crippen molar-refractivity contribution in [3.63, 3.8) is 0 Å². The van der Waals surface area contributed by atoms with Crippen LogP contribution < -0.4 is 0 Å². The summed E-state index contributed by atoms with van der Waals surface area (Å²) in [4.78, 5) is 14.4. The first-order chi connectivity index (χ1) is 9.52. The smallest absolute Gasteiger partial charge is 0.273 e. The fourth-order valence-electron chi connectivity index (χ4n) is 1.70. The van der Waals surface area contributed by atoms with Gasteiger partial charge >= 0.3 is 0 Å². The van der Waals surface area contributed by atoms with Gasteiger partial charge in [0.15, 0.2) is 5.16 Å². The zero-order valence-electron chi connectivity index (χ0n) is 10.6. The highest BCUT2D eigenvalue weighted by atomic mass is 32.2. The lowest BCUT2D eigenvalue weighted by Crippen LogP contribution is -1.99. The van der Waals surface area contributed by atoms with E-state index in [4.69, 9.17) is 5.11 Å². The fourth-order valence-corrected chi connectivity index (χ4v) is 2.65. The molecule has 0 aliphatic carbocycles. The van der Waals surface area contributed by atoms with E-state index in [0.29, 0.717) is 16.4 Å². The van der Waals surface area contributed by atoms with Crippen LogP contribution in [0, 0.1) is 15.9 Å². The van der Waals surface area contributed by atoms with Crippen molar-refractivity contribution in [3.05, 3.63) is 51.6 Å². The minimum Gasteiger partial charge on any atom is -0.390 e. The lowest BCUT2D eigenvalue weighted by atomic mass is 10.2. The Morgan fingerprint density at radius 1 is 1.55 bits per heavy atom. The van der Waals surface area contributed by atoms with E-state index < -0.39 is 10.7 Å². The maximum Gasteiger partial charge on any atom is 0.273 e. The van der Waals surface area contributed by atoms with Gasteiger partial charge in [-0.15, -0.1) is 0 Å². The maximum atomic E-state index is 13.2. The van der Waals surface area contributed by atoms with Gasteiger partial charge in [-0.3, -0.25) is 10.1 Å². The molecule has 0 fully saturated rings. The fraction of sp³-hybridized carbons (Fsp3) is 0.250. The number of nitro benzene ring substituents is 1. The van der Waals surface area contributed by atoms with Gasteiger partial charge in [0.2, 0.25) is 0 Å². The number of aliphatic hydroxyl groups is 1. The quantitative estimate of drug-likeness (QED) is 0.520. The van der Waals surface area contributed by atoms with Gasteiger partial charge in [-0.25, -0.2) is 9.37 Å². The first kappa shape index (κ1) is 14.5. The number of hydrogen-bond donors (Lipinski definition) is 1. The van der Waals surface area contributed by atoms with E-state index in [0.717, 1.165) is 18.2 Å². The number of aliphatic hydroxyl groups excluding tert-OH is 1. The number of rotatable bonds is 5. The van der Waals surface area contributed by atoms with E-state index in [1.807, 2.05) is 0 Å². The third-order valence-electron chi connectivity index (χ3n) is 2.80. The number of halogens is 1. The van der Waals surface area contributed by atoms with Gasteiger partial charge in [0.1, 0.15) is 5.82 Å². The van der Waals surface area contributed by atoms with Crippen molar-refractivity contribution in [2.24, 2.45) is 7.05 Å². The normalized spacial score (nSPS) is 10.8. The minimum atomic E-state index is -0.535. The number of benzene rings is 1. The summed E-state index contributed by atoms with van der Waals surface area (Å²) >= 11 is 1.25. The summed E-state index contributed by atoms with van der Waals surface area (Å²) in [6.07, 6.45) is 1.53. The molecular formula is C12H12FN3O3S. The van der Waals surface area contributed by atoms with Crippen LogP contribution in [0.15, 0.2) is 29.6 Å². The molecule has 0 atom stereocenters. The predicted octanol–water partition coefficient (Wildman–Crippen LogP) is 2.25. The van der Waals surface area contributed by atoms with Crippen LogP contribution in [0.1, 0.15) is 11.3 Å². The summed E-state index contributed by atoms with van der Waals surface area (Å²) in [5.74, 6) is -0.286. The molecule has 0 aliphatic heterocycles. The van der Waals surface area contributed by atoms with Gasteiger partial charge in [0.05, 0.1) is 23.4 Å². The number of hydrogen-bond acceptors (Lipinski definition) is 5. The standard InChI is InChI=1S/C12H12FN3O3S/c1-15-10(6-17)5-14-12(15)20-7-8-4-9(13)2-3-11(8)16(18)19/h2-5,17H,6-7H2,1H3. The van der Waals surface area contributed by atoms with Crippen LogP contribution in [0.4, 0.5) is 10.1 Å². The average molecular weight is 297 g/mol. The van der Waals surface area contributed by atoms with Crippen molar-refractivity contribution in [3.8, 4) is 0 Å². The molecule has 8 heteroatoms. The number of nitro groups is 1. The first-order valence-corrected chi connectivity index (χ1v) is 6.68. The molecule has 1 aromatic heterocycles. The lowest BCUT2D eigenvalue weighted by molar-refractivity contribution is -0.385. The van der Waals surface area contributed by atoms with Gasteiger partial charge in [-0.05, 0) is 12.1 Å². The molecule has 1 aromatic carbocycles. The van der Waals surface area contributed by atoms with E-state index in [-0.39, 0.29) is 18.0 Å². The molecule has 0 spiro atoms. The van der Waals surface area contributed by atoms with Crippen molar-refractivity contribution >= 4 is 17.4 Å². The molecule has 1 N–H and O–H groups in total. The second kappa shape index (κ2) is 6.02. The third kappa shape index (κ3) is 2.97. The zero-order valence-corrected chi connectivity index (χ0v) is 11.4. The van der Waals surface area contributed by atoms with E-state index in [1.165, 1.54) is 18.0 Å². The Bertz CT molecular complexity index is 645. The van der Waals surface area contributed by atoms with Crippen LogP contribution in [0.5, 0.6) is 0 Å². The Hall–Kier alpha value is -1.93. The van der Waals surface area contributed by atoms with Crippen LogP contribution in [0.2, 0.25) is 0 Å². The lowest BCUT2D eigenvalue weighted by Gasteiger charge is -2.05. The van der Waals surface area contributed by atoms with Crippen LogP contribution in [0.25, 0.3) is 0 Å². The molecule has 2 aromatic rings. The van der Waals surface area contributed by atoms with Crippen LogP contribution in [-0.2, 0) is 19.4 Å². The predicted molar refractivity (Wildman–Crippen MR) is 71.7 cm³/mol. The molecule has 0 saturated carbocycles. The Labute approximate surface area is 118 Å². The van der Waals surface area contributed by atoms with Crippen molar-refractivity contribution in [2.75, 3.05) is 0 Å². The number of aromatic nitrogens is 2. The van der Waals surface area contributed by atoms with Gasteiger partial charge in [0.25, 0.3) is 5.69 Å². The van der Waals surface area contributed by atoms with Crippen molar-refractivity contribution in [1.82, 2.24) is 9.55 Å². The van der Waals surface area contributed by atoms with Crippen molar-refractivity contribution < 1.29 is 14.4 Å². The molecule has 0 amide bonds. The summed E-state index contributed by atoms with van der Waals surface area (Å²) in [7, 11) is 1.74. The Morgan fingerprint density at radius 3 is 2.90 bits per heavy atom. The van der Waals surface area contributed by atoms with Gasteiger partial charge < -0.3 is 9.67 Å². The molecule has 0 saturated heterocycles. The molecule has 0 radical (unpaired) electrons. The molecular weight excluding hydrogens is 285 g/mol. The monoisotopic (exact) mass is 297 g/mol. The molecule has 0 unspecified atom stereocenters. The van der Waals surface area contributed by atoms with E-state index in [2.05, 4.69) is 4.98 Å². The van der Waals surface area contributed by atoms with E-state index >= 15 is 0 Å². The summed E-state index contributed by atoms with van der Waals surface area (Å²) in [5.41, 5.74) is 0.824. The largest absolute Gasteiger partial charge is 0.390 e. The SMILES string of the molecule is Cn1c(CO)cnc1SCc1cc(F)ccc1[N+](=O)[O-]. The second-order valence-corrected chi connectivity index (χ2v) is 5.01. The zero-order chi connectivity index (χ0) is 14.7. The number of nitrogens with zero attached hydrogens (tertiary/aromatic N) is 3. The van der Waals surface area contributed by atoms with Crippen molar-refractivity contribution in [1.29, 1.82) is 0 Å². The summed E-state index contributed by atoms with van der Waals surface area (Å²) in [6, 6.07) is 3.38. The summed E-state index contributed by atoms with van der Waals surface area (Å²) in [5, 5.41) is 20.5. The topological polar surface area (TPSA) is 81.2 Å². The number of thioether (sulfide) groups is 1. The van der Waals surface area contributed by atoms with Gasteiger partial charge in [-0.2, -0.15) is 0 Å². The summed E-state index contributed by atoms with van der Waals surface area (Å²) < 4.78 is 14.9. The van der Waals surface area contributed by atoms with Gasteiger partial charge in [0, 0.05) is 24.4 Å². The average Bonchev–Trinajstić information content (AvgIpc) is 2.76. The van der Waals surface area contributed by atoms with Crippen molar-refractivity contribution in [2.45, 2.75) is 17.5 Å². The van der Waals surface area contributed by atoms with Gasteiger partial charge in [-0.1, -0.05) is 11.8 Å². The summed E-state index contributed by atoms with van der Waals surface area (Å²) in [6.45, 7) is -0.135. The Morgan fingerprint density at radius 2 is 2.30 bits per heavy atom. The minimum absolute atomic E-state index is 0.115. The Kier molecular flexibility index (Phi) is 4.35. The number of imidazole rings is 1. The molecule has 1 heterocycles. The first-order valence-electron chi connectivity index (χ1n) is 5.70. The van der Waals surface area contributed by atoms with Crippen LogP contribution in [0.3, 0.4) is 0 Å². The highest BCUT2D eigenvalue weighted by Crippen LogP contribution is 2.28. The molecule has 0 aliphatic rings. The van der Waals surface area contributed by atoms with Crippen LogP contribution >= 0.6 is 11.8 Å².